The second kappa shape index (κ2) is 62.3. The van der Waals surface area contributed by atoms with Gasteiger partial charge in [0.2, 0.25) is 0 Å². The van der Waals surface area contributed by atoms with Gasteiger partial charge in [-0.2, -0.15) is 0 Å². The summed E-state index contributed by atoms with van der Waals surface area (Å²) in [5.74, 6) is -1.03. The summed E-state index contributed by atoms with van der Waals surface area (Å²) in [5, 5.41) is 0. The minimum atomic E-state index is -0.827. The van der Waals surface area contributed by atoms with Crippen LogP contribution in [-0.4, -0.2) is 37.2 Å². The lowest BCUT2D eigenvalue weighted by molar-refractivity contribution is -0.166. The zero-order valence-corrected chi connectivity index (χ0v) is 48.4. The first-order chi connectivity index (χ1) is 37.5. The summed E-state index contributed by atoms with van der Waals surface area (Å²) in [6.45, 7) is 6.26. The fraction of sp³-hybridized carbons (Fsp3) is 0.557. The van der Waals surface area contributed by atoms with E-state index in [0.29, 0.717) is 19.3 Å². The molecule has 6 nitrogen and oxygen atoms in total. The van der Waals surface area contributed by atoms with Crippen LogP contribution in [0.15, 0.2) is 170 Å². The van der Waals surface area contributed by atoms with Gasteiger partial charge < -0.3 is 14.2 Å². The zero-order valence-electron chi connectivity index (χ0n) is 48.4. The van der Waals surface area contributed by atoms with Crippen LogP contribution >= 0.6 is 0 Å². The van der Waals surface area contributed by atoms with Gasteiger partial charge in [0.25, 0.3) is 0 Å². The standard InChI is InChI=1S/C70H108O6/c1-4-7-10-13-16-18-20-22-24-26-28-29-30-31-32-33-34-35-36-37-38-39-40-41-43-44-46-48-50-52-54-57-60-63-69(72)75-66-67(65-74-68(71)62-59-56-15-12-9-6-3)76-70(73)64-61-58-55-53-51-49-47-45-42-27-25-23-21-19-17-14-11-8-5-2/h7-8,10-11,16-19,22-25,28-29,31-32,34-35,37-38,40-42,45,49,51,55,58,67H,4-6,9,12-15,20-21,26-27,30,33,36,39,43-44,46-48,50,52-54,56-57,59-66H2,1-3H3/b10-7-,11-8-,18-16-,19-17-,24-22-,25-23-,29-28-,32-31-,35-34-,38-37-,41-40-,45-42-,51-49-,58-55-. The molecule has 0 radical (unpaired) electrons. The maximum atomic E-state index is 12.8. The van der Waals surface area contributed by atoms with E-state index in [1.165, 1.54) is 51.4 Å². The summed E-state index contributed by atoms with van der Waals surface area (Å²) in [6, 6.07) is 0. The molecule has 0 saturated heterocycles. The number of esters is 3. The first-order valence-electron chi connectivity index (χ1n) is 30.1. The Labute approximate surface area is 466 Å². The highest BCUT2D eigenvalue weighted by Crippen LogP contribution is 2.13. The third-order valence-corrected chi connectivity index (χ3v) is 12.0. The Kier molecular flexibility index (Phi) is 58.0. The average Bonchev–Trinajstić information content (AvgIpc) is 3.42. The summed E-state index contributed by atoms with van der Waals surface area (Å²) in [7, 11) is 0. The summed E-state index contributed by atoms with van der Waals surface area (Å²) < 4.78 is 16.7. The van der Waals surface area contributed by atoms with Crippen molar-refractivity contribution in [1.82, 2.24) is 0 Å². The summed E-state index contributed by atoms with van der Waals surface area (Å²) >= 11 is 0. The number of carbonyl (C=O) groups excluding carboxylic acids is 3. The number of allylic oxidation sites excluding steroid dienone is 28. The molecule has 0 rings (SSSR count). The van der Waals surface area contributed by atoms with E-state index in [0.717, 1.165) is 135 Å². The van der Waals surface area contributed by atoms with Crippen molar-refractivity contribution >= 4 is 17.9 Å². The van der Waals surface area contributed by atoms with Crippen LogP contribution in [0.1, 0.15) is 233 Å². The first kappa shape index (κ1) is 70.8. The normalized spacial score (nSPS) is 13.4. The largest absolute Gasteiger partial charge is 0.462 e. The molecule has 76 heavy (non-hydrogen) atoms. The van der Waals surface area contributed by atoms with Crippen LogP contribution in [0, 0.1) is 0 Å². The van der Waals surface area contributed by atoms with Crippen LogP contribution in [0.4, 0.5) is 0 Å². The van der Waals surface area contributed by atoms with E-state index in [4.69, 9.17) is 14.2 Å². The van der Waals surface area contributed by atoms with Gasteiger partial charge in [-0.3, -0.25) is 14.4 Å². The Hall–Kier alpha value is -5.23. The van der Waals surface area contributed by atoms with Crippen molar-refractivity contribution in [3.05, 3.63) is 170 Å². The van der Waals surface area contributed by atoms with E-state index < -0.39 is 12.1 Å². The van der Waals surface area contributed by atoms with Crippen molar-refractivity contribution in [2.45, 2.75) is 239 Å². The predicted octanol–water partition coefficient (Wildman–Crippen LogP) is 20.7. The van der Waals surface area contributed by atoms with Crippen molar-refractivity contribution in [1.29, 1.82) is 0 Å². The van der Waals surface area contributed by atoms with Crippen molar-refractivity contribution in [2.75, 3.05) is 13.2 Å². The second-order valence-corrected chi connectivity index (χ2v) is 19.1. The van der Waals surface area contributed by atoms with Gasteiger partial charge in [-0.15, -0.1) is 0 Å². The molecule has 0 amide bonds. The van der Waals surface area contributed by atoms with E-state index in [1.807, 2.05) is 12.2 Å². The molecule has 0 aromatic rings. The van der Waals surface area contributed by atoms with Gasteiger partial charge in [-0.05, 0) is 122 Å². The van der Waals surface area contributed by atoms with Gasteiger partial charge >= 0.3 is 17.9 Å². The Morgan fingerprint density at radius 1 is 0.276 bits per heavy atom. The molecule has 0 saturated carbocycles. The molecule has 0 spiro atoms. The molecular weight excluding hydrogens is 937 g/mol. The SMILES string of the molecule is CC/C=C\C/C=C\C/C=C\C/C=C\C/C=C\C/C=C\C/C=C\C/C=C\CCCCCCCCCCC(=O)OCC(COC(=O)CCCCCCCC)OC(=O)CC/C=C\C/C=C\C/C=C\C/C=C\C/C=C\C/C=C\CC. The average molecular weight is 1050 g/mol. The molecule has 0 heterocycles. The van der Waals surface area contributed by atoms with Crippen molar-refractivity contribution in [3.63, 3.8) is 0 Å². The molecule has 0 aliphatic rings. The smallest absolute Gasteiger partial charge is 0.306 e. The van der Waals surface area contributed by atoms with Gasteiger partial charge in [0.15, 0.2) is 6.10 Å². The molecule has 1 unspecified atom stereocenters. The molecule has 0 aromatic carbocycles. The Morgan fingerprint density at radius 3 is 0.855 bits per heavy atom. The van der Waals surface area contributed by atoms with Gasteiger partial charge in [0.1, 0.15) is 13.2 Å². The van der Waals surface area contributed by atoms with Gasteiger partial charge in [-0.1, -0.05) is 262 Å². The molecule has 0 aliphatic carbocycles. The van der Waals surface area contributed by atoms with Crippen molar-refractivity contribution < 1.29 is 28.6 Å². The highest BCUT2D eigenvalue weighted by atomic mass is 16.6. The first-order valence-corrected chi connectivity index (χ1v) is 30.1. The van der Waals surface area contributed by atoms with Crippen LogP contribution < -0.4 is 0 Å². The molecule has 1 atom stereocenters. The molecular formula is C70H108O6. The summed E-state index contributed by atoms with van der Waals surface area (Å²) in [5.41, 5.74) is 0. The predicted molar refractivity (Wildman–Crippen MR) is 329 cm³/mol. The van der Waals surface area contributed by atoms with E-state index in [2.05, 4.69) is 179 Å². The molecule has 0 aromatic heterocycles. The number of hydrogen-bond donors (Lipinski definition) is 0. The third kappa shape index (κ3) is 59.6. The third-order valence-electron chi connectivity index (χ3n) is 12.0. The molecule has 424 valence electrons. The number of unbranched alkanes of at least 4 members (excludes halogenated alkanes) is 13. The van der Waals surface area contributed by atoms with Gasteiger partial charge in [-0.25, -0.2) is 0 Å². The molecule has 0 aliphatic heterocycles. The quantitative estimate of drug-likeness (QED) is 0.0261. The van der Waals surface area contributed by atoms with Crippen LogP contribution in [0.2, 0.25) is 0 Å². The van der Waals surface area contributed by atoms with Crippen molar-refractivity contribution in [2.24, 2.45) is 0 Å². The summed E-state index contributed by atoms with van der Waals surface area (Å²) in [6.07, 6.45) is 92.6. The second-order valence-electron chi connectivity index (χ2n) is 19.1. The Balaban J connectivity index is 4.23. The summed E-state index contributed by atoms with van der Waals surface area (Å²) in [4.78, 5) is 37.9. The molecule has 0 bridgehead atoms. The highest BCUT2D eigenvalue weighted by molar-refractivity contribution is 5.71. The fourth-order valence-corrected chi connectivity index (χ4v) is 7.54. The lowest BCUT2D eigenvalue weighted by atomic mass is 10.1. The van der Waals surface area contributed by atoms with Crippen LogP contribution in [-0.2, 0) is 28.6 Å². The molecule has 0 fully saturated rings. The highest BCUT2D eigenvalue weighted by Gasteiger charge is 2.19. The van der Waals surface area contributed by atoms with Crippen LogP contribution in [0.5, 0.6) is 0 Å². The van der Waals surface area contributed by atoms with Gasteiger partial charge in [0, 0.05) is 19.3 Å². The number of carbonyl (C=O) groups is 3. The van der Waals surface area contributed by atoms with E-state index in [-0.39, 0.29) is 31.6 Å². The van der Waals surface area contributed by atoms with Crippen LogP contribution in [0.3, 0.4) is 0 Å². The Bertz CT molecular complexity index is 1770. The van der Waals surface area contributed by atoms with Crippen LogP contribution in [0.25, 0.3) is 0 Å². The van der Waals surface area contributed by atoms with E-state index in [9.17, 15) is 14.4 Å². The van der Waals surface area contributed by atoms with E-state index >= 15 is 0 Å². The number of ether oxygens (including phenoxy) is 3. The topological polar surface area (TPSA) is 78.9 Å². The maximum absolute atomic E-state index is 12.8. The lowest BCUT2D eigenvalue weighted by Gasteiger charge is -2.18. The minimum Gasteiger partial charge on any atom is -0.462 e. The maximum Gasteiger partial charge on any atom is 0.306 e. The number of hydrogen-bond acceptors (Lipinski definition) is 6. The minimum absolute atomic E-state index is 0.118. The van der Waals surface area contributed by atoms with Gasteiger partial charge in [0.05, 0.1) is 0 Å². The monoisotopic (exact) mass is 1040 g/mol. The fourth-order valence-electron chi connectivity index (χ4n) is 7.54. The molecule has 6 heteroatoms. The Morgan fingerprint density at radius 2 is 0.539 bits per heavy atom. The van der Waals surface area contributed by atoms with E-state index in [1.54, 1.807) is 0 Å². The van der Waals surface area contributed by atoms with Crippen molar-refractivity contribution in [3.8, 4) is 0 Å². The zero-order chi connectivity index (χ0) is 55.0. The number of rotatable bonds is 52. The molecule has 0 N–H and O–H groups in total. The lowest BCUT2D eigenvalue weighted by Crippen LogP contribution is -2.30.